The molecule has 0 saturated carbocycles. The van der Waals surface area contributed by atoms with Crippen molar-refractivity contribution in [1.82, 2.24) is 10.1 Å². The minimum atomic E-state index is 0.436. The van der Waals surface area contributed by atoms with E-state index in [1.807, 2.05) is 55.5 Å². The van der Waals surface area contributed by atoms with Gasteiger partial charge in [-0.2, -0.15) is 4.98 Å². The van der Waals surface area contributed by atoms with E-state index >= 15 is 0 Å². The summed E-state index contributed by atoms with van der Waals surface area (Å²) in [5, 5.41) is 7.30. The molecule has 3 aromatic rings. The summed E-state index contributed by atoms with van der Waals surface area (Å²) >= 11 is 0. The Hall–Kier alpha value is -3.02. The van der Waals surface area contributed by atoms with Gasteiger partial charge in [0.1, 0.15) is 11.5 Å². The summed E-state index contributed by atoms with van der Waals surface area (Å²) in [7, 11) is 1.63. The minimum Gasteiger partial charge on any atom is -0.497 e. The highest BCUT2D eigenvalue weighted by molar-refractivity contribution is 5.59. The van der Waals surface area contributed by atoms with Crippen LogP contribution in [0.2, 0.25) is 0 Å². The fourth-order valence-corrected chi connectivity index (χ4v) is 2.43. The van der Waals surface area contributed by atoms with Crippen molar-refractivity contribution < 1.29 is 14.0 Å². The summed E-state index contributed by atoms with van der Waals surface area (Å²) in [5.74, 6) is 2.70. The van der Waals surface area contributed by atoms with Gasteiger partial charge in [0, 0.05) is 6.07 Å². The normalized spacial score (nSPS) is 10.5. The molecule has 1 heterocycles. The van der Waals surface area contributed by atoms with Crippen LogP contribution in [0.5, 0.6) is 11.5 Å². The number of methoxy groups -OCH3 is 1. The van der Waals surface area contributed by atoms with E-state index in [-0.39, 0.29) is 0 Å². The molecule has 0 aliphatic carbocycles. The summed E-state index contributed by atoms with van der Waals surface area (Å²) in [4.78, 5) is 4.43. The van der Waals surface area contributed by atoms with Crippen LogP contribution in [-0.4, -0.2) is 23.9 Å². The van der Waals surface area contributed by atoms with E-state index in [4.69, 9.17) is 14.0 Å². The van der Waals surface area contributed by atoms with Gasteiger partial charge < -0.3 is 19.3 Å². The second-order valence-corrected chi connectivity index (χ2v) is 5.42. The molecule has 3 rings (SSSR count). The van der Waals surface area contributed by atoms with Gasteiger partial charge >= 0.3 is 0 Å². The Balaban J connectivity index is 1.66. The van der Waals surface area contributed by atoms with Gasteiger partial charge in [0.25, 0.3) is 0 Å². The van der Waals surface area contributed by atoms with E-state index in [1.54, 1.807) is 7.11 Å². The van der Waals surface area contributed by atoms with E-state index in [2.05, 4.69) is 15.5 Å². The Morgan fingerprint density at radius 3 is 2.72 bits per heavy atom. The standard InChI is InChI=1S/C19H21N3O3/c1-3-24-17-10-9-15(23-2)12-16(17)20-13-18-21-19(25-22-18)11-14-7-5-4-6-8-14/h4-10,12,20H,3,11,13H2,1-2H3. The predicted molar refractivity (Wildman–Crippen MR) is 95.0 cm³/mol. The van der Waals surface area contributed by atoms with Gasteiger partial charge in [-0.05, 0) is 24.6 Å². The number of nitrogens with zero attached hydrogens (tertiary/aromatic N) is 2. The van der Waals surface area contributed by atoms with Crippen LogP contribution in [0.25, 0.3) is 0 Å². The monoisotopic (exact) mass is 339 g/mol. The van der Waals surface area contributed by atoms with Crippen molar-refractivity contribution in [1.29, 1.82) is 0 Å². The van der Waals surface area contributed by atoms with Crippen molar-refractivity contribution in [2.75, 3.05) is 19.0 Å². The Kier molecular flexibility index (Phi) is 5.51. The molecule has 25 heavy (non-hydrogen) atoms. The van der Waals surface area contributed by atoms with Crippen LogP contribution in [0.1, 0.15) is 24.2 Å². The zero-order valence-electron chi connectivity index (χ0n) is 14.4. The molecule has 0 radical (unpaired) electrons. The van der Waals surface area contributed by atoms with Crippen molar-refractivity contribution in [3.8, 4) is 11.5 Å². The summed E-state index contributed by atoms with van der Waals surface area (Å²) in [5.41, 5.74) is 1.97. The third kappa shape index (κ3) is 4.50. The van der Waals surface area contributed by atoms with Crippen molar-refractivity contribution in [3.05, 3.63) is 65.8 Å². The first kappa shape index (κ1) is 16.8. The highest BCUT2D eigenvalue weighted by atomic mass is 16.5. The van der Waals surface area contributed by atoms with E-state index < -0.39 is 0 Å². The number of ether oxygens (including phenoxy) is 2. The number of aromatic nitrogens is 2. The average molecular weight is 339 g/mol. The number of benzene rings is 2. The zero-order valence-corrected chi connectivity index (χ0v) is 14.4. The molecule has 6 nitrogen and oxygen atoms in total. The molecule has 0 amide bonds. The lowest BCUT2D eigenvalue weighted by molar-refractivity contribution is 0.340. The maximum absolute atomic E-state index is 5.63. The van der Waals surface area contributed by atoms with Crippen LogP contribution < -0.4 is 14.8 Å². The molecular weight excluding hydrogens is 318 g/mol. The van der Waals surface area contributed by atoms with Crippen LogP contribution >= 0.6 is 0 Å². The molecule has 130 valence electrons. The number of hydrogen-bond acceptors (Lipinski definition) is 6. The van der Waals surface area contributed by atoms with Crippen molar-refractivity contribution in [2.45, 2.75) is 19.9 Å². The third-order valence-electron chi connectivity index (χ3n) is 3.63. The molecule has 0 aliphatic heterocycles. The van der Waals surface area contributed by atoms with Gasteiger partial charge in [0.15, 0.2) is 5.82 Å². The molecule has 0 unspecified atom stereocenters. The highest BCUT2D eigenvalue weighted by Gasteiger charge is 2.10. The van der Waals surface area contributed by atoms with E-state index in [0.29, 0.717) is 31.3 Å². The van der Waals surface area contributed by atoms with Gasteiger partial charge in [0.2, 0.25) is 5.89 Å². The Morgan fingerprint density at radius 2 is 1.96 bits per heavy atom. The van der Waals surface area contributed by atoms with Crippen LogP contribution in [0.15, 0.2) is 53.1 Å². The van der Waals surface area contributed by atoms with Gasteiger partial charge in [0.05, 0.1) is 32.4 Å². The maximum atomic E-state index is 5.63. The smallest absolute Gasteiger partial charge is 0.231 e. The lowest BCUT2D eigenvalue weighted by Crippen LogP contribution is -2.04. The molecular formula is C19H21N3O3. The first-order valence-corrected chi connectivity index (χ1v) is 8.18. The van der Waals surface area contributed by atoms with E-state index in [9.17, 15) is 0 Å². The number of nitrogens with one attached hydrogen (secondary N) is 1. The lowest BCUT2D eigenvalue weighted by Gasteiger charge is -2.12. The molecule has 1 aromatic heterocycles. The predicted octanol–water partition coefficient (Wildman–Crippen LogP) is 3.68. The molecule has 0 bridgehead atoms. The van der Waals surface area contributed by atoms with Crippen LogP contribution in [0, 0.1) is 0 Å². The molecule has 0 saturated heterocycles. The fourth-order valence-electron chi connectivity index (χ4n) is 2.43. The molecule has 0 aliphatic rings. The third-order valence-corrected chi connectivity index (χ3v) is 3.63. The van der Waals surface area contributed by atoms with Gasteiger partial charge in [-0.15, -0.1) is 0 Å². The lowest BCUT2D eigenvalue weighted by atomic mass is 10.1. The van der Waals surface area contributed by atoms with Crippen molar-refractivity contribution in [2.24, 2.45) is 0 Å². The number of hydrogen-bond donors (Lipinski definition) is 1. The highest BCUT2D eigenvalue weighted by Crippen LogP contribution is 2.29. The van der Waals surface area contributed by atoms with Gasteiger partial charge in [-0.3, -0.25) is 0 Å². The molecule has 1 N–H and O–H groups in total. The van der Waals surface area contributed by atoms with Crippen LogP contribution in [0.3, 0.4) is 0 Å². The van der Waals surface area contributed by atoms with Gasteiger partial charge in [-0.1, -0.05) is 35.5 Å². The molecule has 0 atom stereocenters. The van der Waals surface area contributed by atoms with Crippen LogP contribution in [-0.2, 0) is 13.0 Å². The molecule has 0 fully saturated rings. The number of anilines is 1. The van der Waals surface area contributed by atoms with Crippen LogP contribution in [0.4, 0.5) is 5.69 Å². The first-order valence-electron chi connectivity index (χ1n) is 8.18. The number of rotatable bonds is 8. The Bertz CT molecular complexity index is 803. The SMILES string of the molecule is CCOc1ccc(OC)cc1NCc1noc(Cc2ccccc2)n1. The summed E-state index contributed by atoms with van der Waals surface area (Å²) in [6, 6.07) is 15.7. The second kappa shape index (κ2) is 8.19. The maximum Gasteiger partial charge on any atom is 0.231 e. The van der Waals surface area contributed by atoms with E-state index in [0.717, 1.165) is 22.7 Å². The van der Waals surface area contributed by atoms with E-state index in [1.165, 1.54) is 0 Å². The largest absolute Gasteiger partial charge is 0.497 e. The zero-order chi connectivity index (χ0) is 17.5. The summed E-state index contributed by atoms with van der Waals surface area (Å²) in [6.45, 7) is 2.97. The Morgan fingerprint density at radius 1 is 1.12 bits per heavy atom. The fraction of sp³-hybridized carbons (Fsp3) is 0.263. The average Bonchev–Trinajstić information content (AvgIpc) is 3.09. The minimum absolute atomic E-state index is 0.436. The quantitative estimate of drug-likeness (QED) is 0.675. The Labute approximate surface area is 146 Å². The molecule has 0 spiro atoms. The molecule has 2 aromatic carbocycles. The van der Waals surface area contributed by atoms with Gasteiger partial charge in [-0.25, -0.2) is 0 Å². The topological polar surface area (TPSA) is 69.4 Å². The molecule has 6 heteroatoms. The first-order chi connectivity index (χ1) is 12.3. The van der Waals surface area contributed by atoms with Crippen molar-refractivity contribution >= 4 is 5.69 Å². The van der Waals surface area contributed by atoms with Crippen molar-refractivity contribution in [3.63, 3.8) is 0 Å². The summed E-state index contributed by atoms with van der Waals surface area (Å²) in [6.07, 6.45) is 0.622. The summed E-state index contributed by atoms with van der Waals surface area (Å²) < 4.78 is 16.2. The second-order valence-electron chi connectivity index (χ2n) is 5.42.